The summed E-state index contributed by atoms with van der Waals surface area (Å²) in [6.07, 6.45) is 1.59. The van der Waals surface area contributed by atoms with Crippen LogP contribution in [0.3, 0.4) is 0 Å². The molecule has 0 bridgehead atoms. The van der Waals surface area contributed by atoms with Gasteiger partial charge in [-0.1, -0.05) is 13.3 Å². The van der Waals surface area contributed by atoms with E-state index in [2.05, 4.69) is 29.3 Å². The number of nitrogens with two attached hydrogens (primary N) is 1. The number of carbonyl (C=O) groups excluding carboxylic acids is 1. The fourth-order valence-corrected chi connectivity index (χ4v) is 3.97. The Bertz CT molecular complexity index is 510. The van der Waals surface area contributed by atoms with E-state index < -0.39 is 5.54 Å². The number of rotatable bonds is 7. The van der Waals surface area contributed by atoms with Gasteiger partial charge in [-0.3, -0.25) is 9.69 Å². The number of ether oxygens (including phenoxy) is 1. The second-order valence-corrected chi connectivity index (χ2v) is 7.81. The maximum absolute atomic E-state index is 12.4. The lowest BCUT2D eigenvalue weighted by molar-refractivity contribution is -0.126. The molecule has 5 nitrogen and oxygen atoms in total. The van der Waals surface area contributed by atoms with Crippen molar-refractivity contribution in [1.82, 2.24) is 10.2 Å². The maximum Gasteiger partial charge on any atom is 0.239 e. The molecule has 23 heavy (non-hydrogen) atoms. The van der Waals surface area contributed by atoms with Gasteiger partial charge >= 0.3 is 0 Å². The largest absolute Gasteiger partial charge is 0.379 e. The molecular weight excluding hydrogens is 310 g/mol. The van der Waals surface area contributed by atoms with Crippen molar-refractivity contribution in [1.29, 1.82) is 0 Å². The second kappa shape index (κ2) is 8.24. The van der Waals surface area contributed by atoms with Crippen LogP contribution in [0.4, 0.5) is 0 Å². The van der Waals surface area contributed by atoms with E-state index in [1.807, 2.05) is 13.8 Å². The van der Waals surface area contributed by atoms with Crippen LogP contribution >= 0.6 is 11.3 Å². The van der Waals surface area contributed by atoms with Gasteiger partial charge in [-0.05, 0) is 32.4 Å². The highest BCUT2D eigenvalue weighted by Gasteiger charge is 2.29. The van der Waals surface area contributed by atoms with E-state index in [4.69, 9.17) is 10.5 Å². The molecule has 3 N–H and O–H groups in total. The van der Waals surface area contributed by atoms with Crippen LogP contribution in [-0.2, 0) is 9.53 Å². The van der Waals surface area contributed by atoms with E-state index in [1.165, 1.54) is 9.75 Å². The molecule has 1 saturated heterocycles. The molecule has 2 atom stereocenters. The van der Waals surface area contributed by atoms with Crippen molar-refractivity contribution < 1.29 is 9.53 Å². The van der Waals surface area contributed by atoms with Crippen LogP contribution in [0, 0.1) is 6.92 Å². The van der Waals surface area contributed by atoms with E-state index in [1.54, 1.807) is 11.3 Å². The number of carbonyl (C=O) groups is 1. The molecule has 130 valence electrons. The molecule has 2 rings (SSSR count). The van der Waals surface area contributed by atoms with Crippen LogP contribution in [0.5, 0.6) is 0 Å². The molecule has 1 aromatic rings. The van der Waals surface area contributed by atoms with Crippen LogP contribution in [0.15, 0.2) is 12.1 Å². The maximum atomic E-state index is 12.4. The van der Waals surface area contributed by atoms with E-state index in [9.17, 15) is 4.79 Å². The molecule has 1 aromatic heterocycles. The average Bonchev–Trinajstić information content (AvgIpc) is 2.94. The van der Waals surface area contributed by atoms with E-state index >= 15 is 0 Å². The minimum Gasteiger partial charge on any atom is -0.379 e. The van der Waals surface area contributed by atoms with Crippen molar-refractivity contribution in [3.8, 4) is 0 Å². The number of hydrogen-bond acceptors (Lipinski definition) is 5. The standard InChI is InChI=1S/C17H29N3O2S/c1-4-7-17(3,18)16(21)19-12-14(15-6-5-13(2)23-15)20-8-10-22-11-9-20/h5-6,14H,4,7-12,18H2,1-3H3,(H,19,21). The summed E-state index contributed by atoms with van der Waals surface area (Å²) in [4.78, 5) is 17.4. The molecule has 0 aromatic carbocycles. The Balaban J connectivity index is 2.04. The average molecular weight is 340 g/mol. The molecule has 0 spiro atoms. The lowest BCUT2D eigenvalue weighted by Gasteiger charge is -2.35. The third-order valence-corrected chi connectivity index (χ3v) is 5.42. The van der Waals surface area contributed by atoms with Crippen LogP contribution in [0.25, 0.3) is 0 Å². The van der Waals surface area contributed by atoms with Gasteiger partial charge in [0.05, 0.1) is 24.8 Å². The lowest BCUT2D eigenvalue weighted by Crippen LogP contribution is -2.53. The third-order valence-electron chi connectivity index (χ3n) is 4.32. The second-order valence-electron chi connectivity index (χ2n) is 6.49. The van der Waals surface area contributed by atoms with Crippen LogP contribution in [-0.4, -0.2) is 49.2 Å². The molecule has 0 radical (unpaired) electrons. The van der Waals surface area contributed by atoms with Crippen LogP contribution in [0.2, 0.25) is 0 Å². The van der Waals surface area contributed by atoms with Gasteiger partial charge < -0.3 is 15.8 Å². The Morgan fingerprint density at radius 3 is 2.74 bits per heavy atom. The van der Waals surface area contributed by atoms with E-state index in [0.717, 1.165) is 32.7 Å². The lowest BCUT2D eigenvalue weighted by atomic mass is 9.96. The van der Waals surface area contributed by atoms with Crippen molar-refractivity contribution in [3.05, 3.63) is 21.9 Å². The number of aryl methyl sites for hydroxylation is 1. The normalized spacial score (nSPS) is 20.0. The summed E-state index contributed by atoms with van der Waals surface area (Å²) in [6.45, 7) is 9.85. The van der Waals surface area contributed by atoms with Gasteiger partial charge in [0.2, 0.25) is 5.91 Å². The summed E-state index contributed by atoms with van der Waals surface area (Å²) in [6, 6.07) is 4.50. The Morgan fingerprint density at radius 1 is 1.48 bits per heavy atom. The zero-order valence-corrected chi connectivity index (χ0v) is 15.2. The zero-order valence-electron chi connectivity index (χ0n) is 14.4. The Labute approximate surface area is 143 Å². The zero-order chi connectivity index (χ0) is 16.9. The van der Waals surface area contributed by atoms with Crippen molar-refractivity contribution in [2.45, 2.75) is 45.2 Å². The first-order chi connectivity index (χ1) is 10.9. The van der Waals surface area contributed by atoms with Gasteiger partial charge in [0, 0.05) is 29.4 Å². The SMILES string of the molecule is CCCC(C)(N)C(=O)NCC(c1ccc(C)s1)N1CCOCC1. The molecule has 6 heteroatoms. The number of thiophene rings is 1. The number of morpholine rings is 1. The molecule has 1 amide bonds. The Kier molecular flexibility index (Phi) is 6.59. The van der Waals surface area contributed by atoms with Crippen molar-refractivity contribution >= 4 is 17.2 Å². The molecule has 2 heterocycles. The first-order valence-corrected chi connectivity index (χ1v) is 9.21. The van der Waals surface area contributed by atoms with Gasteiger partial charge in [-0.2, -0.15) is 0 Å². The van der Waals surface area contributed by atoms with Crippen molar-refractivity contribution in [3.63, 3.8) is 0 Å². The smallest absolute Gasteiger partial charge is 0.239 e. The molecular formula is C17H29N3O2S. The van der Waals surface area contributed by atoms with Gasteiger partial charge in [0.15, 0.2) is 0 Å². The predicted octanol–water partition coefficient (Wildman–Crippen LogP) is 2.06. The first-order valence-electron chi connectivity index (χ1n) is 8.39. The van der Waals surface area contributed by atoms with Gasteiger partial charge in [0.1, 0.15) is 0 Å². The number of nitrogens with one attached hydrogen (secondary N) is 1. The minimum absolute atomic E-state index is 0.0640. The predicted molar refractivity (Wildman–Crippen MR) is 94.7 cm³/mol. The van der Waals surface area contributed by atoms with Crippen LogP contribution in [0.1, 0.15) is 42.5 Å². The first kappa shape index (κ1) is 18.4. The topological polar surface area (TPSA) is 67.6 Å². The van der Waals surface area contributed by atoms with Crippen molar-refractivity contribution in [2.24, 2.45) is 5.73 Å². The molecule has 0 aliphatic carbocycles. The monoisotopic (exact) mass is 339 g/mol. The Morgan fingerprint density at radius 2 is 2.17 bits per heavy atom. The molecule has 1 aliphatic heterocycles. The van der Waals surface area contributed by atoms with E-state index in [0.29, 0.717) is 13.0 Å². The highest BCUT2D eigenvalue weighted by Crippen LogP contribution is 2.28. The van der Waals surface area contributed by atoms with Gasteiger partial charge in [-0.25, -0.2) is 0 Å². The highest BCUT2D eigenvalue weighted by atomic mass is 32.1. The molecule has 1 fully saturated rings. The Hall–Kier alpha value is -0.950. The highest BCUT2D eigenvalue weighted by molar-refractivity contribution is 7.12. The van der Waals surface area contributed by atoms with Gasteiger partial charge in [0.25, 0.3) is 0 Å². The summed E-state index contributed by atoms with van der Waals surface area (Å²) in [5, 5.41) is 3.07. The fraction of sp³-hybridized carbons (Fsp3) is 0.706. The third kappa shape index (κ3) is 5.01. The molecule has 0 saturated carbocycles. The summed E-state index contributed by atoms with van der Waals surface area (Å²) in [5.74, 6) is -0.0640. The van der Waals surface area contributed by atoms with Crippen LogP contribution < -0.4 is 11.1 Å². The summed E-state index contributed by atoms with van der Waals surface area (Å²) in [5.41, 5.74) is 5.34. The summed E-state index contributed by atoms with van der Waals surface area (Å²) >= 11 is 1.79. The molecule has 2 unspecified atom stereocenters. The number of amides is 1. The fourth-order valence-electron chi connectivity index (χ4n) is 2.96. The number of nitrogens with zero attached hydrogens (tertiary/aromatic N) is 1. The minimum atomic E-state index is -0.796. The summed E-state index contributed by atoms with van der Waals surface area (Å²) < 4.78 is 5.46. The van der Waals surface area contributed by atoms with Gasteiger partial charge in [-0.15, -0.1) is 11.3 Å². The number of hydrogen-bond donors (Lipinski definition) is 2. The summed E-state index contributed by atoms with van der Waals surface area (Å²) in [7, 11) is 0. The quantitative estimate of drug-likeness (QED) is 0.798. The molecule has 1 aliphatic rings. The van der Waals surface area contributed by atoms with E-state index in [-0.39, 0.29) is 11.9 Å². The van der Waals surface area contributed by atoms with Crippen molar-refractivity contribution in [2.75, 3.05) is 32.8 Å².